The highest BCUT2D eigenvalue weighted by molar-refractivity contribution is 8.00. The molecule has 3 atom stereocenters. The van der Waals surface area contributed by atoms with Crippen LogP contribution in [0.5, 0.6) is 0 Å². The number of aryl methyl sites for hydroxylation is 1. The fraction of sp³-hybridized carbons (Fsp3) is 0.400. The number of carbonyl (C=O) groups is 4. The molecule has 2 aliphatic heterocycles. The number of nitrogens with zero attached hydrogens (tertiary/aromatic N) is 5. The normalized spacial score (nSPS) is 23.4. The van der Waals surface area contributed by atoms with Crippen molar-refractivity contribution in [3.05, 3.63) is 34.4 Å². The maximum Gasteiger partial charge on any atom is 0.344 e. The van der Waals surface area contributed by atoms with Crippen LogP contribution in [-0.4, -0.2) is 95.8 Å². The lowest BCUT2D eigenvalue weighted by Gasteiger charge is -2.53. The SMILES string of the molecule is Cc1ccc(SCC2(C(=O)O)CS[C@@H]3C(NC(=O)C(=NOCC(=O)O)c4cscn4)C(=O)N3C2)nn1. The molecule has 0 saturated carbocycles. The summed E-state index contributed by atoms with van der Waals surface area (Å²) in [6.45, 7) is 1.04. The van der Waals surface area contributed by atoms with Gasteiger partial charge in [-0.3, -0.25) is 14.4 Å². The molecule has 0 radical (unpaired) electrons. The third-order valence-electron chi connectivity index (χ3n) is 5.39. The van der Waals surface area contributed by atoms with E-state index in [1.165, 1.54) is 50.7 Å². The molecular formula is C20H20N6O7S3. The topological polar surface area (TPSA) is 184 Å². The minimum Gasteiger partial charge on any atom is -0.481 e. The second-order valence-corrected chi connectivity index (χ2v) is 10.8. The predicted octanol–water partition coefficient (Wildman–Crippen LogP) is 0.310. The van der Waals surface area contributed by atoms with Crippen LogP contribution in [0, 0.1) is 12.3 Å². The molecule has 2 saturated heterocycles. The smallest absolute Gasteiger partial charge is 0.344 e. The standard InChI is InChI=1S/C20H20N6O7S3/c1-10-2-3-12(24-23-10)35-7-20(19(31)32)6-26-17(30)15(18(26)36-8-20)22-16(29)14(11-5-34-9-21-11)25-33-4-13(27)28/h2-3,5,9,15,18H,4,6-8H2,1H3,(H,22,29)(H,27,28)(H,31,32)/t15?,18-,20?/m1/s1. The summed E-state index contributed by atoms with van der Waals surface area (Å²) in [5.41, 5.74) is 0.929. The van der Waals surface area contributed by atoms with E-state index in [1.54, 1.807) is 19.1 Å². The summed E-state index contributed by atoms with van der Waals surface area (Å²) in [7, 11) is 0. The van der Waals surface area contributed by atoms with Crippen molar-refractivity contribution in [3.8, 4) is 0 Å². The summed E-state index contributed by atoms with van der Waals surface area (Å²) in [5, 5.41) is 34.6. The molecule has 2 aliphatic rings. The highest BCUT2D eigenvalue weighted by Crippen LogP contribution is 2.44. The molecule has 16 heteroatoms. The summed E-state index contributed by atoms with van der Waals surface area (Å²) in [6.07, 6.45) is 0. The Labute approximate surface area is 216 Å². The number of β-lactam (4-membered cyclic amide) rings is 1. The van der Waals surface area contributed by atoms with Gasteiger partial charge in [0, 0.05) is 23.4 Å². The van der Waals surface area contributed by atoms with Crippen LogP contribution in [0.4, 0.5) is 0 Å². The number of hydrogen-bond donors (Lipinski definition) is 3. The van der Waals surface area contributed by atoms with Gasteiger partial charge in [0.15, 0.2) is 5.71 Å². The summed E-state index contributed by atoms with van der Waals surface area (Å²) in [4.78, 5) is 58.8. The number of nitrogens with one attached hydrogen (secondary N) is 1. The molecule has 13 nitrogen and oxygen atoms in total. The fourth-order valence-electron chi connectivity index (χ4n) is 3.48. The molecule has 3 N–H and O–H groups in total. The van der Waals surface area contributed by atoms with Gasteiger partial charge < -0.3 is 25.3 Å². The Morgan fingerprint density at radius 2 is 2.14 bits per heavy atom. The number of oxime groups is 1. The first kappa shape index (κ1) is 25.8. The van der Waals surface area contributed by atoms with Gasteiger partial charge in [0.25, 0.3) is 5.91 Å². The Morgan fingerprint density at radius 3 is 2.78 bits per heavy atom. The number of thioether (sulfide) groups is 2. The van der Waals surface area contributed by atoms with Crippen molar-refractivity contribution in [1.82, 2.24) is 25.4 Å². The lowest BCUT2D eigenvalue weighted by atomic mass is 9.89. The summed E-state index contributed by atoms with van der Waals surface area (Å²) in [6, 6.07) is 2.66. The van der Waals surface area contributed by atoms with E-state index in [-0.39, 0.29) is 29.5 Å². The maximum atomic E-state index is 12.9. The lowest BCUT2D eigenvalue weighted by Crippen LogP contribution is -2.74. The third-order valence-corrected chi connectivity index (χ3v) is 8.77. The first-order valence-electron chi connectivity index (χ1n) is 10.4. The first-order valence-corrected chi connectivity index (χ1v) is 13.4. The van der Waals surface area contributed by atoms with Gasteiger partial charge in [-0.2, -0.15) is 5.10 Å². The highest BCUT2D eigenvalue weighted by atomic mass is 32.2. The van der Waals surface area contributed by atoms with Crippen molar-refractivity contribution in [2.24, 2.45) is 10.6 Å². The number of carboxylic acids is 2. The second kappa shape index (κ2) is 10.8. The van der Waals surface area contributed by atoms with Crippen molar-refractivity contribution in [2.45, 2.75) is 23.4 Å². The van der Waals surface area contributed by atoms with Crippen LogP contribution >= 0.6 is 34.9 Å². The number of rotatable bonds is 10. The number of hydrogen-bond acceptors (Lipinski definition) is 12. The van der Waals surface area contributed by atoms with Crippen LogP contribution in [0.25, 0.3) is 0 Å². The van der Waals surface area contributed by atoms with E-state index in [1.807, 2.05) is 0 Å². The second-order valence-electron chi connectivity index (χ2n) is 7.99. The van der Waals surface area contributed by atoms with Crippen LogP contribution in [0.15, 0.2) is 33.2 Å². The number of amides is 2. The monoisotopic (exact) mass is 552 g/mol. The van der Waals surface area contributed by atoms with Crippen LogP contribution in [0.2, 0.25) is 0 Å². The fourth-order valence-corrected chi connectivity index (χ4v) is 6.69. The number of aromatic nitrogens is 3. The van der Waals surface area contributed by atoms with Crippen LogP contribution in [-0.2, 0) is 24.0 Å². The molecule has 0 spiro atoms. The Kier molecular flexibility index (Phi) is 7.75. The molecule has 4 heterocycles. The van der Waals surface area contributed by atoms with E-state index < -0.39 is 47.2 Å². The zero-order valence-corrected chi connectivity index (χ0v) is 21.1. The molecule has 2 aromatic rings. The molecule has 36 heavy (non-hydrogen) atoms. The molecule has 0 aliphatic carbocycles. The van der Waals surface area contributed by atoms with Gasteiger partial charge >= 0.3 is 11.9 Å². The van der Waals surface area contributed by atoms with Gasteiger partial charge in [0.2, 0.25) is 12.5 Å². The molecule has 0 aromatic carbocycles. The third kappa shape index (κ3) is 5.44. The summed E-state index contributed by atoms with van der Waals surface area (Å²) >= 11 is 3.73. The van der Waals surface area contributed by atoms with Gasteiger partial charge in [0.1, 0.15) is 27.6 Å². The molecule has 0 bridgehead atoms. The highest BCUT2D eigenvalue weighted by Gasteiger charge is 2.57. The minimum atomic E-state index is -1.27. The Morgan fingerprint density at radius 1 is 1.33 bits per heavy atom. The van der Waals surface area contributed by atoms with Crippen molar-refractivity contribution >= 4 is 64.3 Å². The van der Waals surface area contributed by atoms with Crippen molar-refractivity contribution in [1.29, 1.82) is 0 Å². The maximum absolute atomic E-state index is 12.9. The van der Waals surface area contributed by atoms with Gasteiger partial charge in [-0.05, 0) is 19.1 Å². The largest absolute Gasteiger partial charge is 0.481 e. The Balaban J connectivity index is 1.41. The molecule has 2 unspecified atom stereocenters. The number of carboxylic acid groups (broad SMARTS) is 2. The Hall–Kier alpha value is -3.24. The molecule has 190 valence electrons. The van der Waals surface area contributed by atoms with Gasteiger partial charge in [-0.15, -0.1) is 40.0 Å². The number of thiazole rings is 1. The molecule has 4 rings (SSSR count). The number of aliphatic carboxylic acids is 2. The average molecular weight is 553 g/mol. The van der Waals surface area contributed by atoms with Crippen LogP contribution in [0.3, 0.4) is 0 Å². The van der Waals surface area contributed by atoms with Gasteiger partial charge in [0.05, 0.1) is 11.2 Å². The number of fused-ring (bicyclic) bond motifs is 1. The van der Waals surface area contributed by atoms with E-state index in [0.29, 0.717) is 5.03 Å². The van der Waals surface area contributed by atoms with Crippen LogP contribution in [0.1, 0.15) is 11.4 Å². The Bertz CT molecular complexity index is 1190. The van der Waals surface area contributed by atoms with Crippen molar-refractivity contribution < 1.29 is 34.2 Å². The van der Waals surface area contributed by atoms with Gasteiger partial charge in [-0.1, -0.05) is 5.16 Å². The lowest BCUT2D eigenvalue weighted by molar-refractivity contribution is -0.157. The van der Waals surface area contributed by atoms with Crippen molar-refractivity contribution in [3.63, 3.8) is 0 Å². The van der Waals surface area contributed by atoms with Crippen molar-refractivity contribution in [2.75, 3.05) is 24.7 Å². The summed E-state index contributed by atoms with van der Waals surface area (Å²) < 4.78 is 0. The van der Waals surface area contributed by atoms with E-state index in [0.717, 1.165) is 5.69 Å². The zero-order valence-electron chi connectivity index (χ0n) is 18.7. The van der Waals surface area contributed by atoms with Crippen LogP contribution < -0.4 is 5.32 Å². The van der Waals surface area contributed by atoms with E-state index in [2.05, 4.69) is 25.7 Å². The zero-order chi connectivity index (χ0) is 25.9. The molecular weight excluding hydrogens is 532 g/mol. The van der Waals surface area contributed by atoms with E-state index in [9.17, 15) is 24.3 Å². The molecule has 2 amide bonds. The average Bonchev–Trinajstić information content (AvgIpc) is 3.38. The molecule has 2 aromatic heterocycles. The molecule has 2 fully saturated rings. The van der Waals surface area contributed by atoms with Gasteiger partial charge in [-0.25, -0.2) is 9.78 Å². The van der Waals surface area contributed by atoms with E-state index in [4.69, 9.17) is 9.94 Å². The van der Waals surface area contributed by atoms with E-state index >= 15 is 0 Å². The predicted molar refractivity (Wildman–Crippen MR) is 130 cm³/mol. The summed E-state index contributed by atoms with van der Waals surface area (Å²) in [5.74, 6) is -3.04. The number of carbonyl (C=O) groups excluding carboxylic acids is 2. The minimum absolute atomic E-state index is 0.00769. The quantitative estimate of drug-likeness (QED) is 0.159. The first-order chi connectivity index (χ1) is 17.2.